The molecule has 11 heavy (non-hydrogen) atoms. The van der Waals surface area contributed by atoms with Gasteiger partial charge in [-0.2, -0.15) is 0 Å². The van der Waals surface area contributed by atoms with Crippen LogP contribution in [0, 0.1) is 6.92 Å². The number of hydrogen-bond donors (Lipinski definition) is 2. The van der Waals surface area contributed by atoms with Crippen molar-refractivity contribution in [1.82, 2.24) is 0 Å². The molecule has 4 nitrogen and oxygen atoms in total. The highest BCUT2D eigenvalue weighted by Crippen LogP contribution is 2.25. The summed E-state index contributed by atoms with van der Waals surface area (Å²) in [5.41, 5.74) is 0.539. The molecule has 4 heteroatoms. The van der Waals surface area contributed by atoms with Gasteiger partial charge in [-0.1, -0.05) is 6.07 Å². The van der Waals surface area contributed by atoms with Gasteiger partial charge in [0.15, 0.2) is 11.5 Å². The molecule has 1 aromatic rings. The van der Waals surface area contributed by atoms with E-state index in [1.807, 2.05) is 0 Å². The van der Waals surface area contributed by atoms with Crippen LogP contribution in [0.3, 0.4) is 0 Å². The molecule has 0 aromatic heterocycles. The highest BCUT2D eigenvalue weighted by atomic mass is 17.1. The van der Waals surface area contributed by atoms with E-state index in [1.54, 1.807) is 25.1 Å². The van der Waals surface area contributed by atoms with E-state index in [1.165, 1.54) is 0 Å². The van der Waals surface area contributed by atoms with Crippen LogP contribution in [0.15, 0.2) is 18.2 Å². The van der Waals surface area contributed by atoms with Crippen molar-refractivity contribution >= 4 is 0 Å². The predicted octanol–water partition coefficient (Wildman–Crippen LogP) is 1.70. The third-order valence-corrected chi connectivity index (χ3v) is 1.43. The zero-order chi connectivity index (χ0) is 8.27. The van der Waals surface area contributed by atoms with Crippen molar-refractivity contribution in [2.45, 2.75) is 6.92 Å². The first-order chi connectivity index (χ1) is 5.29. The van der Waals surface area contributed by atoms with Gasteiger partial charge in [0.1, 0.15) is 0 Å². The molecule has 0 heterocycles. The molecule has 0 saturated carbocycles. The Morgan fingerprint density at radius 3 is 1.91 bits per heavy atom. The summed E-state index contributed by atoms with van der Waals surface area (Å²) < 4.78 is 0. The van der Waals surface area contributed by atoms with Crippen molar-refractivity contribution in [2.75, 3.05) is 0 Å². The summed E-state index contributed by atoms with van der Waals surface area (Å²) in [6.07, 6.45) is 0. The Kier molecular flexibility index (Phi) is 2.30. The lowest BCUT2D eigenvalue weighted by atomic mass is 10.2. The van der Waals surface area contributed by atoms with E-state index in [2.05, 4.69) is 9.78 Å². The standard InChI is InChI=1S/C7H8O4/c1-5-6(10-8)3-2-4-7(5)11-9/h2-4,8-9H,1H3. The fourth-order valence-corrected chi connectivity index (χ4v) is 0.792. The molecule has 0 fully saturated rings. The summed E-state index contributed by atoms with van der Waals surface area (Å²) >= 11 is 0. The van der Waals surface area contributed by atoms with Crippen LogP contribution in [0.1, 0.15) is 5.56 Å². The SMILES string of the molecule is Cc1c(OO)cccc1OO. The Bertz CT molecular complexity index is 224. The molecule has 1 rings (SSSR count). The van der Waals surface area contributed by atoms with Crippen molar-refractivity contribution in [2.24, 2.45) is 0 Å². The second-order valence-electron chi connectivity index (χ2n) is 2.06. The average Bonchev–Trinajstić information content (AvgIpc) is 2.05. The van der Waals surface area contributed by atoms with E-state index >= 15 is 0 Å². The summed E-state index contributed by atoms with van der Waals surface area (Å²) in [5.74, 6) is 0.521. The van der Waals surface area contributed by atoms with Gasteiger partial charge in [-0.3, -0.25) is 0 Å². The Hall–Kier alpha value is -1.26. The van der Waals surface area contributed by atoms with Gasteiger partial charge < -0.3 is 9.78 Å². The predicted molar refractivity (Wildman–Crippen MR) is 37.7 cm³/mol. The molecule has 0 aliphatic rings. The van der Waals surface area contributed by atoms with Crippen LogP contribution >= 0.6 is 0 Å². The molecule has 0 bridgehead atoms. The van der Waals surface area contributed by atoms with Crippen LogP contribution in [0.25, 0.3) is 0 Å². The molecule has 0 radical (unpaired) electrons. The minimum absolute atomic E-state index is 0.261. The van der Waals surface area contributed by atoms with Crippen molar-refractivity contribution < 1.29 is 20.3 Å². The lowest BCUT2D eigenvalue weighted by Crippen LogP contribution is -1.91. The zero-order valence-electron chi connectivity index (χ0n) is 5.94. The minimum atomic E-state index is 0.261. The number of benzene rings is 1. The van der Waals surface area contributed by atoms with E-state index in [-0.39, 0.29) is 11.5 Å². The van der Waals surface area contributed by atoms with Crippen molar-refractivity contribution in [3.8, 4) is 11.5 Å². The second kappa shape index (κ2) is 3.23. The van der Waals surface area contributed by atoms with Crippen LogP contribution in [0.2, 0.25) is 0 Å². The lowest BCUT2D eigenvalue weighted by molar-refractivity contribution is -0.145. The van der Waals surface area contributed by atoms with Crippen molar-refractivity contribution in [1.29, 1.82) is 0 Å². The average molecular weight is 156 g/mol. The highest BCUT2D eigenvalue weighted by molar-refractivity contribution is 5.42. The summed E-state index contributed by atoms with van der Waals surface area (Å²) in [6, 6.07) is 4.69. The molecular weight excluding hydrogens is 148 g/mol. The second-order valence-corrected chi connectivity index (χ2v) is 2.06. The van der Waals surface area contributed by atoms with E-state index in [0.717, 1.165) is 0 Å². The van der Waals surface area contributed by atoms with Gasteiger partial charge in [-0.05, 0) is 19.1 Å². The molecular formula is C7H8O4. The Morgan fingerprint density at radius 2 is 1.55 bits per heavy atom. The topological polar surface area (TPSA) is 58.9 Å². The molecule has 0 spiro atoms. The molecule has 0 aliphatic carbocycles. The van der Waals surface area contributed by atoms with Gasteiger partial charge in [-0.25, -0.2) is 10.5 Å². The fraction of sp³-hybridized carbons (Fsp3) is 0.143. The highest BCUT2D eigenvalue weighted by Gasteiger charge is 2.04. The summed E-state index contributed by atoms with van der Waals surface area (Å²) in [4.78, 5) is 7.99. The Labute approximate surface area is 63.5 Å². The van der Waals surface area contributed by atoms with Crippen molar-refractivity contribution in [3.05, 3.63) is 23.8 Å². The number of hydrogen-bond acceptors (Lipinski definition) is 4. The monoisotopic (exact) mass is 156 g/mol. The molecule has 0 amide bonds. The van der Waals surface area contributed by atoms with E-state index in [4.69, 9.17) is 10.5 Å². The number of rotatable bonds is 2. The molecule has 60 valence electrons. The molecule has 0 atom stereocenters. The third-order valence-electron chi connectivity index (χ3n) is 1.43. The van der Waals surface area contributed by atoms with Gasteiger partial charge >= 0.3 is 0 Å². The van der Waals surface area contributed by atoms with Gasteiger partial charge in [0.25, 0.3) is 0 Å². The molecule has 1 aromatic carbocycles. The zero-order valence-corrected chi connectivity index (χ0v) is 5.94. The quantitative estimate of drug-likeness (QED) is 0.505. The van der Waals surface area contributed by atoms with Crippen LogP contribution in [0.5, 0.6) is 11.5 Å². The van der Waals surface area contributed by atoms with Gasteiger partial charge in [0.05, 0.1) is 0 Å². The first kappa shape index (κ1) is 7.84. The maximum absolute atomic E-state index is 8.30. The first-order valence-electron chi connectivity index (χ1n) is 3.02. The molecule has 0 saturated heterocycles. The smallest absolute Gasteiger partial charge is 0.171 e. The lowest BCUT2D eigenvalue weighted by Gasteiger charge is -2.04. The molecule has 0 aliphatic heterocycles. The van der Waals surface area contributed by atoms with E-state index in [9.17, 15) is 0 Å². The molecule has 0 unspecified atom stereocenters. The largest absolute Gasteiger partial charge is 0.340 e. The van der Waals surface area contributed by atoms with Crippen LogP contribution < -0.4 is 9.78 Å². The van der Waals surface area contributed by atoms with Crippen LogP contribution in [-0.2, 0) is 0 Å². The van der Waals surface area contributed by atoms with Crippen LogP contribution in [-0.4, -0.2) is 10.5 Å². The van der Waals surface area contributed by atoms with E-state index < -0.39 is 0 Å². The van der Waals surface area contributed by atoms with Gasteiger partial charge in [0.2, 0.25) is 0 Å². The maximum atomic E-state index is 8.30. The van der Waals surface area contributed by atoms with Crippen LogP contribution in [0.4, 0.5) is 0 Å². The third kappa shape index (κ3) is 1.42. The van der Waals surface area contributed by atoms with Gasteiger partial charge in [-0.15, -0.1) is 0 Å². The normalized spacial score (nSPS) is 9.36. The Balaban J connectivity index is 3.10. The Morgan fingerprint density at radius 1 is 1.09 bits per heavy atom. The van der Waals surface area contributed by atoms with Gasteiger partial charge in [0, 0.05) is 5.56 Å². The first-order valence-corrected chi connectivity index (χ1v) is 3.02. The minimum Gasteiger partial charge on any atom is -0.340 e. The van der Waals surface area contributed by atoms with Crippen molar-refractivity contribution in [3.63, 3.8) is 0 Å². The molecule has 2 N–H and O–H groups in total. The summed E-state index contributed by atoms with van der Waals surface area (Å²) in [6.45, 7) is 1.65. The maximum Gasteiger partial charge on any atom is 0.171 e. The summed E-state index contributed by atoms with van der Waals surface area (Å²) in [7, 11) is 0. The van der Waals surface area contributed by atoms with E-state index in [0.29, 0.717) is 5.56 Å². The summed E-state index contributed by atoms with van der Waals surface area (Å²) in [5, 5.41) is 16.6. The fourth-order valence-electron chi connectivity index (χ4n) is 0.792.